The molecule has 2 aromatic rings. The van der Waals surface area contributed by atoms with Gasteiger partial charge in [-0.3, -0.25) is 0 Å². The Kier molecular flexibility index (Phi) is 4.98. The molecule has 1 aromatic carbocycles. The second kappa shape index (κ2) is 7.48. The number of ether oxygens (including phenoxy) is 1. The van der Waals surface area contributed by atoms with Gasteiger partial charge in [0.25, 0.3) is 0 Å². The molecule has 7 atom stereocenters. The second-order valence-corrected chi connectivity index (χ2v) is 13.4. The molecule has 1 heterocycles. The first-order valence-corrected chi connectivity index (χ1v) is 13.6. The van der Waals surface area contributed by atoms with E-state index in [-0.39, 0.29) is 5.60 Å². The molecule has 4 aliphatic rings. The van der Waals surface area contributed by atoms with Crippen LogP contribution in [-0.2, 0) is 4.74 Å². The first kappa shape index (κ1) is 22.0. The zero-order valence-corrected chi connectivity index (χ0v) is 21.4. The highest BCUT2D eigenvalue weighted by Gasteiger charge is 2.58. The lowest BCUT2D eigenvalue weighted by Crippen LogP contribution is -2.54. The Balaban J connectivity index is 1.23. The minimum Gasteiger partial charge on any atom is -0.373 e. The molecule has 0 amide bonds. The number of fused-ring (bicyclic) bond motifs is 6. The van der Waals surface area contributed by atoms with Crippen molar-refractivity contribution >= 4 is 16.5 Å². The number of nitrogens with one attached hydrogen (secondary N) is 1. The molecule has 2 heteroatoms. The quantitative estimate of drug-likeness (QED) is 0.493. The lowest BCUT2D eigenvalue weighted by Gasteiger charge is -2.61. The highest BCUT2D eigenvalue weighted by atomic mass is 16.5. The van der Waals surface area contributed by atoms with Crippen LogP contribution in [0, 0.1) is 34.5 Å². The van der Waals surface area contributed by atoms with Crippen molar-refractivity contribution in [3.63, 3.8) is 0 Å². The van der Waals surface area contributed by atoms with Gasteiger partial charge >= 0.3 is 0 Å². The van der Waals surface area contributed by atoms with Crippen molar-refractivity contribution in [2.45, 2.75) is 97.7 Å². The Morgan fingerprint density at radius 1 is 0.970 bits per heavy atom. The summed E-state index contributed by atoms with van der Waals surface area (Å²) in [6.45, 7) is 11.9. The molecule has 0 radical (unpaired) electrons. The number of benzene rings is 1. The SMILES string of the molecule is CC(C)(C)O[C@@H]1CC[C@@]2(C)[C@@H](CC[C@@H]3[C@@H]2CC[C@]2(C)C(c4ccc5[nH]ccc5c4)=CC[C@@H]32)C1. The fraction of sp³-hybridized carbons (Fsp3) is 0.677. The largest absolute Gasteiger partial charge is 0.373 e. The Hall–Kier alpha value is -1.54. The van der Waals surface area contributed by atoms with Gasteiger partial charge in [-0.1, -0.05) is 26.0 Å². The van der Waals surface area contributed by atoms with Gasteiger partial charge in [-0.15, -0.1) is 0 Å². The summed E-state index contributed by atoms with van der Waals surface area (Å²) in [4.78, 5) is 3.36. The number of aromatic nitrogens is 1. The number of allylic oxidation sites excluding steroid dienone is 2. The molecule has 4 aliphatic carbocycles. The monoisotopic (exact) mass is 445 g/mol. The molecule has 33 heavy (non-hydrogen) atoms. The lowest BCUT2D eigenvalue weighted by molar-refractivity contribution is -0.148. The van der Waals surface area contributed by atoms with Crippen molar-refractivity contribution < 1.29 is 4.74 Å². The smallest absolute Gasteiger partial charge is 0.0602 e. The van der Waals surface area contributed by atoms with Crippen molar-refractivity contribution in [2.75, 3.05) is 0 Å². The number of hydrogen-bond acceptors (Lipinski definition) is 1. The van der Waals surface area contributed by atoms with Crippen LogP contribution in [0.25, 0.3) is 16.5 Å². The average Bonchev–Trinajstić information content (AvgIpc) is 3.36. The van der Waals surface area contributed by atoms with Crippen molar-refractivity contribution in [1.82, 2.24) is 4.98 Å². The fourth-order valence-corrected chi connectivity index (χ4v) is 9.06. The van der Waals surface area contributed by atoms with E-state index in [0.29, 0.717) is 16.9 Å². The predicted molar refractivity (Wildman–Crippen MR) is 138 cm³/mol. The van der Waals surface area contributed by atoms with Gasteiger partial charge in [0.05, 0.1) is 11.7 Å². The maximum atomic E-state index is 6.47. The maximum Gasteiger partial charge on any atom is 0.0602 e. The molecule has 0 saturated heterocycles. The van der Waals surface area contributed by atoms with Crippen molar-refractivity contribution in [3.05, 3.63) is 42.1 Å². The fourth-order valence-electron chi connectivity index (χ4n) is 9.06. The standard InChI is InChI=1S/C31H43NO/c1-29(2,3)33-23-12-15-30(4)22(19-23)7-8-24-26-10-9-25(31(26,5)16-13-27(24)30)20-6-11-28-21(18-20)14-17-32-28/h6,9,11,14,17-18,22-24,26-27,32H,7-8,10,12-13,15-16,19H2,1-5H3/t22-,23+,24-,26-,27-,30-,31+/m0/s1. The van der Waals surface area contributed by atoms with E-state index in [2.05, 4.69) is 76.1 Å². The van der Waals surface area contributed by atoms with Gasteiger partial charge in [0.2, 0.25) is 0 Å². The van der Waals surface area contributed by atoms with E-state index in [4.69, 9.17) is 4.74 Å². The van der Waals surface area contributed by atoms with E-state index in [1.54, 1.807) is 5.57 Å². The summed E-state index contributed by atoms with van der Waals surface area (Å²) < 4.78 is 6.47. The summed E-state index contributed by atoms with van der Waals surface area (Å²) in [6.07, 6.45) is 16.0. The first-order chi connectivity index (χ1) is 15.7. The zero-order chi connectivity index (χ0) is 23.0. The molecule has 0 bridgehead atoms. The molecule has 1 aromatic heterocycles. The van der Waals surface area contributed by atoms with Gasteiger partial charge in [0, 0.05) is 11.7 Å². The number of hydrogen-bond donors (Lipinski definition) is 1. The summed E-state index contributed by atoms with van der Waals surface area (Å²) in [5.41, 5.74) is 5.21. The first-order valence-electron chi connectivity index (χ1n) is 13.6. The molecule has 3 saturated carbocycles. The molecular formula is C31H43NO. The zero-order valence-electron chi connectivity index (χ0n) is 21.4. The van der Waals surface area contributed by atoms with Gasteiger partial charge in [0.15, 0.2) is 0 Å². The summed E-state index contributed by atoms with van der Waals surface area (Å²) in [5.74, 6) is 3.49. The van der Waals surface area contributed by atoms with Crippen molar-refractivity contribution in [2.24, 2.45) is 34.5 Å². The summed E-state index contributed by atoms with van der Waals surface area (Å²) in [5, 5.41) is 1.34. The molecular weight excluding hydrogens is 402 g/mol. The predicted octanol–water partition coefficient (Wildman–Crippen LogP) is 8.39. The minimum absolute atomic E-state index is 0.0163. The van der Waals surface area contributed by atoms with Crippen LogP contribution in [0.1, 0.15) is 91.5 Å². The van der Waals surface area contributed by atoms with Gasteiger partial charge in [-0.25, -0.2) is 0 Å². The number of aromatic amines is 1. The summed E-state index contributed by atoms with van der Waals surface area (Å²) in [6, 6.07) is 9.27. The molecule has 178 valence electrons. The summed E-state index contributed by atoms with van der Waals surface area (Å²) in [7, 11) is 0. The van der Waals surface area contributed by atoms with E-state index in [9.17, 15) is 0 Å². The van der Waals surface area contributed by atoms with Crippen LogP contribution in [0.5, 0.6) is 0 Å². The van der Waals surface area contributed by atoms with Crippen LogP contribution in [0.2, 0.25) is 0 Å². The Labute approximate surface area is 200 Å². The van der Waals surface area contributed by atoms with E-state index in [0.717, 1.165) is 23.7 Å². The van der Waals surface area contributed by atoms with E-state index >= 15 is 0 Å². The highest BCUT2D eigenvalue weighted by molar-refractivity contribution is 5.85. The molecule has 0 aliphatic heterocycles. The Bertz CT molecular complexity index is 1070. The molecule has 0 spiro atoms. The topological polar surface area (TPSA) is 25.0 Å². The van der Waals surface area contributed by atoms with Crippen LogP contribution in [-0.4, -0.2) is 16.7 Å². The van der Waals surface area contributed by atoms with E-state index in [1.165, 1.54) is 67.8 Å². The third-order valence-electron chi connectivity index (χ3n) is 10.6. The van der Waals surface area contributed by atoms with Gasteiger partial charge in [0.1, 0.15) is 0 Å². The van der Waals surface area contributed by atoms with E-state index in [1.807, 2.05) is 0 Å². The highest BCUT2D eigenvalue weighted by Crippen LogP contribution is 2.67. The van der Waals surface area contributed by atoms with Crippen molar-refractivity contribution in [3.8, 4) is 0 Å². The maximum absolute atomic E-state index is 6.47. The van der Waals surface area contributed by atoms with E-state index < -0.39 is 0 Å². The normalized spacial score (nSPS) is 40.8. The molecule has 2 nitrogen and oxygen atoms in total. The lowest BCUT2D eigenvalue weighted by atomic mass is 9.44. The third-order valence-corrected chi connectivity index (χ3v) is 10.6. The average molecular weight is 446 g/mol. The Morgan fingerprint density at radius 3 is 2.64 bits per heavy atom. The second-order valence-electron chi connectivity index (χ2n) is 13.4. The number of H-pyrrole nitrogens is 1. The van der Waals surface area contributed by atoms with Crippen molar-refractivity contribution in [1.29, 1.82) is 0 Å². The van der Waals surface area contributed by atoms with Gasteiger partial charge in [-0.05, 0) is 141 Å². The minimum atomic E-state index is -0.0163. The van der Waals surface area contributed by atoms with Gasteiger partial charge in [-0.2, -0.15) is 0 Å². The molecule has 1 N–H and O–H groups in total. The van der Waals surface area contributed by atoms with Crippen LogP contribution < -0.4 is 0 Å². The van der Waals surface area contributed by atoms with Crippen LogP contribution in [0.15, 0.2) is 36.5 Å². The molecule has 6 rings (SSSR count). The summed E-state index contributed by atoms with van der Waals surface area (Å²) >= 11 is 0. The van der Waals surface area contributed by atoms with Gasteiger partial charge < -0.3 is 9.72 Å². The third kappa shape index (κ3) is 3.46. The Morgan fingerprint density at radius 2 is 1.82 bits per heavy atom. The molecule has 0 unspecified atom stereocenters. The van der Waals surface area contributed by atoms with Crippen LogP contribution in [0.4, 0.5) is 0 Å². The van der Waals surface area contributed by atoms with Crippen LogP contribution >= 0.6 is 0 Å². The van der Waals surface area contributed by atoms with Crippen LogP contribution in [0.3, 0.4) is 0 Å². The number of rotatable bonds is 2. The molecule has 3 fully saturated rings.